The van der Waals surface area contributed by atoms with Gasteiger partial charge in [0.2, 0.25) is 5.91 Å². The molecule has 0 saturated carbocycles. The Morgan fingerprint density at radius 2 is 1.73 bits per heavy atom. The summed E-state index contributed by atoms with van der Waals surface area (Å²) < 4.78 is 5.31. The zero-order valence-corrected chi connectivity index (χ0v) is 19.8. The predicted molar refractivity (Wildman–Crippen MR) is 128 cm³/mol. The smallest absolute Gasteiger partial charge is 0.408 e. The third kappa shape index (κ3) is 9.72. The maximum atomic E-state index is 12.9. The van der Waals surface area contributed by atoms with Gasteiger partial charge in [0.25, 0.3) is 0 Å². The molecule has 2 rings (SSSR count). The molecule has 1 aromatic heterocycles. The number of ketones is 1. The molecule has 1 heterocycles. The first-order valence-electron chi connectivity index (χ1n) is 11.1. The van der Waals surface area contributed by atoms with Gasteiger partial charge in [0, 0.05) is 12.6 Å². The Bertz CT molecular complexity index is 941. The predicted octanol–water partition coefficient (Wildman–Crippen LogP) is 3.20. The van der Waals surface area contributed by atoms with Crippen LogP contribution in [0.25, 0.3) is 0 Å². The maximum Gasteiger partial charge on any atom is 0.408 e. The van der Waals surface area contributed by atoms with Gasteiger partial charge in [-0.15, -0.1) is 0 Å². The molecule has 8 heteroatoms. The molecule has 0 radical (unpaired) electrons. The van der Waals surface area contributed by atoms with Gasteiger partial charge in [0.1, 0.15) is 17.5 Å². The summed E-state index contributed by atoms with van der Waals surface area (Å²) in [5.41, 5.74) is 6.93. The zero-order valence-electron chi connectivity index (χ0n) is 19.8. The number of benzene rings is 1. The second kappa shape index (κ2) is 12.0. The van der Waals surface area contributed by atoms with Crippen molar-refractivity contribution in [2.24, 2.45) is 0 Å². The molecule has 8 nitrogen and oxygen atoms in total. The number of Topliss-reactive ketones (excluding diaryl/α,β-unsaturated/α-hetero) is 1. The van der Waals surface area contributed by atoms with Crippen molar-refractivity contribution < 1.29 is 19.1 Å². The molecular weight excluding hydrogens is 420 g/mol. The van der Waals surface area contributed by atoms with Crippen molar-refractivity contribution in [3.8, 4) is 0 Å². The molecule has 2 amide bonds. The maximum absolute atomic E-state index is 12.9. The Morgan fingerprint density at radius 1 is 1.03 bits per heavy atom. The van der Waals surface area contributed by atoms with Gasteiger partial charge in [0.05, 0.1) is 6.04 Å². The Hall–Kier alpha value is -3.42. The fraction of sp³-hybridized carbons (Fsp3) is 0.440. The number of hydrogen-bond donors (Lipinski definition) is 3. The first-order chi connectivity index (χ1) is 15.5. The van der Waals surface area contributed by atoms with Crippen LogP contribution in [-0.2, 0) is 27.2 Å². The third-order valence-corrected chi connectivity index (χ3v) is 4.92. The van der Waals surface area contributed by atoms with E-state index in [4.69, 9.17) is 10.5 Å². The SMILES string of the molecule is C[C@H](NC(=O)[C@@H](CCc1ccccc1)NC(=O)OC(C)(C)C)C(=O)CCc1ccnc(N)c1. The van der Waals surface area contributed by atoms with Gasteiger partial charge >= 0.3 is 6.09 Å². The van der Waals surface area contributed by atoms with Crippen molar-refractivity contribution >= 4 is 23.6 Å². The van der Waals surface area contributed by atoms with Crippen LogP contribution < -0.4 is 16.4 Å². The number of aryl methyl sites for hydroxylation is 2. The number of carbonyl (C=O) groups is 3. The molecule has 0 bridgehead atoms. The summed E-state index contributed by atoms with van der Waals surface area (Å²) in [5, 5.41) is 5.38. The van der Waals surface area contributed by atoms with Gasteiger partial charge in [-0.3, -0.25) is 9.59 Å². The summed E-state index contributed by atoms with van der Waals surface area (Å²) >= 11 is 0. The fourth-order valence-corrected chi connectivity index (χ4v) is 3.20. The van der Waals surface area contributed by atoms with Crippen molar-refractivity contribution in [1.29, 1.82) is 0 Å². The van der Waals surface area contributed by atoms with Gasteiger partial charge in [-0.05, 0) is 70.2 Å². The minimum absolute atomic E-state index is 0.113. The van der Waals surface area contributed by atoms with Crippen molar-refractivity contribution in [2.45, 2.75) is 71.1 Å². The molecule has 0 aliphatic rings. The quantitative estimate of drug-likeness (QED) is 0.507. The molecule has 0 unspecified atom stereocenters. The molecule has 178 valence electrons. The number of ether oxygens (including phenoxy) is 1. The molecule has 2 aromatic rings. The highest BCUT2D eigenvalue weighted by atomic mass is 16.6. The molecule has 0 saturated heterocycles. The first kappa shape index (κ1) is 25.8. The number of hydrogen-bond acceptors (Lipinski definition) is 6. The summed E-state index contributed by atoms with van der Waals surface area (Å²) in [6, 6.07) is 11.7. The van der Waals surface area contributed by atoms with E-state index in [0.717, 1.165) is 11.1 Å². The minimum Gasteiger partial charge on any atom is -0.444 e. The lowest BCUT2D eigenvalue weighted by atomic mass is 10.0. The lowest BCUT2D eigenvalue weighted by Gasteiger charge is -2.24. The van der Waals surface area contributed by atoms with E-state index in [1.165, 1.54) is 0 Å². The molecule has 4 N–H and O–H groups in total. The zero-order chi connectivity index (χ0) is 24.4. The molecule has 0 aliphatic heterocycles. The number of carbonyl (C=O) groups excluding carboxylic acids is 3. The second-order valence-corrected chi connectivity index (χ2v) is 9.01. The van der Waals surface area contributed by atoms with Crippen LogP contribution in [0, 0.1) is 0 Å². The number of nitrogens with two attached hydrogens (primary N) is 1. The normalized spacial score (nSPS) is 13.0. The molecular formula is C25H34N4O4. The highest BCUT2D eigenvalue weighted by Gasteiger charge is 2.26. The van der Waals surface area contributed by atoms with Crippen molar-refractivity contribution in [3.05, 3.63) is 59.8 Å². The summed E-state index contributed by atoms with van der Waals surface area (Å²) in [6.45, 7) is 6.90. The van der Waals surface area contributed by atoms with Gasteiger partial charge in [-0.2, -0.15) is 0 Å². The van der Waals surface area contributed by atoms with Gasteiger partial charge < -0.3 is 21.1 Å². The van der Waals surface area contributed by atoms with Crippen LogP contribution in [-0.4, -0.2) is 40.5 Å². The van der Waals surface area contributed by atoms with Crippen molar-refractivity contribution in [1.82, 2.24) is 15.6 Å². The van der Waals surface area contributed by atoms with Gasteiger partial charge in [-0.1, -0.05) is 30.3 Å². The van der Waals surface area contributed by atoms with E-state index in [9.17, 15) is 14.4 Å². The first-order valence-corrected chi connectivity index (χ1v) is 11.1. The summed E-state index contributed by atoms with van der Waals surface area (Å²) in [7, 11) is 0. The topological polar surface area (TPSA) is 123 Å². The Labute approximate surface area is 195 Å². The van der Waals surface area contributed by atoms with E-state index >= 15 is 0 Å². The van der Waals surface area contributed by atoms with Crippen LogP contribution in [0.3, 0.4) is 0 Å². The molecule has 33 heavy (non-hydrogen) atoms. The van der Waals surface area contributed by atoms with Crippen LogP contribution >= 0.6 is 0 Å². The van der Waals surface area contributed by atoms with Crippen LogP contribution in [0.5, 0.6) is 0 Å². The van der Waals surface area contributed by atoms with Crippen molar-refractivity contribution in [2.75, 3.05) is 5.73 Å². The standard InChI is InChI=1S/C25H34N4O4/c1-17(21(30)13-11-19-14-15-27-22(26)16-19)28-23(31)20(29-24(32)33-25(2,3)4)12-10-18-8-6-5-7-9-18/h5-9,14-17,20H,10-13H2,1-4H3,(H2,26,27)(H,28,31)(H,29,32)/t17-,20+/m0/s1. The second-order valence-electron chi connectivity index (χ2n) is 9.01. The van der Waals surface area contributed by atoms with E-state index in [0.29, 0.717) is 25.1 Å². The minimum atomic E-state index is -0.838. The van der Waals surface area contributed by atoms with E-state index < -0.39 is 29.7 Å². The number of nitrogens with one attached hydrogen (secondary N) is 2. The number of anilines is 1. The lowest BCUT2D eigenvalue weighted by molar-refractivity contribution is -0.128. The number of aromatic nitrogens is 1. The molecule has 0 fully saturated rings. The third-order valence-electron chi connectivity index (χ3n) is 4.92. The van der Waals surface area contributed by atoms with Crippen LogP contribution in [0.15, 0.2) is 48.7 Å². The molecule has 1 aromatic carbocycles. The number of nitrogens with zero attached hydrogens (tertiary/aromatic N) is 1. The average molecular weight is 455 g/mol. The number of pyridine rings is 1. The molecule has 0 aliphatic carbocycles. The lowest BCUT2D eigenvalue weighted by Crippen LogP contribution is -2.51. The Morgan fingerprint density at radius 3 is 2.36 bits per heavy atom. The Balaban J connectivity index is 1.97. The monoisotopic (exact) mass is 454 g/mol. The van der Waals surface area contributed by atoms with E-state index in [-0.39, 0.29) is 12.2 Å². The molecule has 2 atom stereocenters. The number of amides is 2. The summed E-state index contributed by atoms with van der Waals surface area (Å²) in [4.78, 5) is 41.7. The number of rotatable bonds is 10. The van der Waals surface area contributed by atoms with Gasteiger partial charge in [0.15, 0.2) is 5.78 Å². The van der Waals surface area contributed by atoms with Crippen LogP contribution in [0.1, 0.15) is 51.7 Å². The number of nitrogen functional groups attached to an aromatic ring is 1. The van der Waals surface area contributed by atoms with Crippen molar-refractivity contribution in [3.63, 3.8) is 0 Å². The summed E-state index contributed by atoms with van der Waals surface area (Å²) in [5.74, 6) is -0.139. The highest BCUT2D eigenvalue weighted by molar-refractivity contribution is 5.92. The Kier molecular flexibility index (Phi) is 9.39. The largest absolute Gasteiger partial charge is 0.444 e. The van der Waals surface area contributed by atoms with E-state index in [1.807, 2.05) is 30.3 Å². The highest BCUT2D eigenvalue weighted by Crippen LogP contribution is 2.11. The summed E-state index contributed by atoms with van der Waals surface area (Å²) in [6.07, 6.45) is 2.62. The van der Waals surface area contributed by atoms with Crippen LogP contribution in [0.4, 0.5) is 10.6 Å². The van der Waals surface area contributed by atoms with Crippen LogP contribution in [0.2, 0.25) is 0 Å². The van der Waals surface area contributed by atoms with E-state index in [1.54, 1.807) is 46.0 Å². The molecule has 0 spiro atoms. The average Bonchev–Trinajstić information content (AvgIpc) is 2.74. The van der Waals surface area contributed by atoms with E-state index in [2.05, 4.69) is 15.6 Å². The number of alkyl carbamates (subject to hydrolysis) is 1. The van der Waals surface area contributed by atoms with Gasteiger partial charge in [-0.25, -0.2) is 9.78 Å². The fourth-order valence-electron chi connectivity index (χ4n) is 3.20.